The molecule has 1 unspecified atom stereocenters. The molecule has 3 aromatic rings. The summed E-state index contributed by atoms with van der Waals surface area (Å²) in [4.78, 5) is 16.6. The van der Waals surface area contributed by atoms with Gasteiger partial charge >= 0.3 is 0 Å². The van der Waals surface area contributed by atoms with E-state index in [0.717, 1.165) is 29.0 Å². The largest absolute Gasteiger partial charge is 0.497 e. The molecule has 0 bridgehead atoms. The molecule has 0 aliphatic carbocycles. The number of nitrogens with zero attached hydrogens (tertiary/aromatic N) is 3. The van der Waals surface area contributed by atoms with Crippen LogP contribution in [-0.4, -0.2) is 70.4 Å². The maximum Gasteiger partial charge on any atom is 0.236 e. The molecule has 0 radical (unpaired) electrons. The van der Waals surface area contributed by atoms with E-state index in [9.17, 15) is 9.90 Å². The number of benzene rings is 2. The lowest BCUT2D eigenvalue weighted by molar-refractivity contribution is -0.131. The third-order valence-electron chi connectivity index (χ3n) is 5.62. The molecule has 7 nitrogen and oxygen atoms in total. The van der Waals surface area contributed by atoms with E-state index < -0.39 is 6.10 Å². The zero-order valence-corrected chi connectivity index (χ0v) is 17.7. The van der Waals surface area contributed by atoms with Crippen molar-refractivity contribution in [1.29, 1.82) is 0 Å². The Hall–Kier alpha value is -3.16. The van der Waals surface area contributed by atoms with Crippen molar-refractivity contribution < 1.29 is 14.6 Å². The number of aliphatic hydroxyl groups is 1. The molecule has 162 valence electrons. The number of aliphatic hydroxyl groups excluding tert-OH is 1. The summed E-state index contributed by atoms with van der Waals surface area (Å²) in [6.45, 7) is 2.22. The maximum absolute atomic E-state index is 12.9. The minimum absolute atomic E-state index is 0.0435. The molecule has 1 aromatic heterocycles. The summed E-state index contributed by atoms with van der Waals surface area (Å²) in [7, 11) is 1.64. The van der Waals surface area contributed by atoms with Crippen LogP contribution in [0.15, 0.2) is 60.8 Å². The number of hydrogen-bond acceptors (Lipinski definition) is 5. The SMILES string of the molecule is COc1ccc(-c2[nH]ncc2CN2CC(=O)N(CCc3ccccc3)CC(O)C2)cc1. The Morgan fingerprint density at radius 3 is 2.65 bits per heavy atom. The van der Waals surface area contributed by atoms with Gasteiger partial charge in [0.2, 0.25) is 5.91 Å². The summed E-state index contributed by atoms with van der Waals surface area (Å²) in [6, 6.07) is 17.9. The minimum Gasteiger partial charge on any atom is -0.497 e. The van der Waals surface area contributed by atoms with Crippen LogP contribution in [0, 0.1) is 0 Å². The summed E-state index contributed by atoms with van der Waals surface area (Å²) in [5.41, 5.74) is 4.09. The fraction of sp³-hybridized carbons (Fsp3) is 0.333. The van der Waals surface area contributed by atoms with Crippen LogP contribution in [0.3, 0.4) is 0 Å². The van der Waals surface area contributed by atoms with E-state index >= 15 is 0 Å². The third kappa shape index (κ3) is 5.31. The van der Waals surface area contributed by atoms with E-state index in [1.165, 1.54) is 5.56 Å². The van der Waals surface area contributed by atoms with E-state index in [-0.39, 0.29) is 12.5 Å². The lowest BCUT2D eigenvalue weighted by atomic mass is 10.1. The number of rotatable bonds is 7. The van der Waals surface area contributed by atoms with Crippen LogP contribution >= 0.6 is 0 Å². The van der Waals surface area contributed by atoms with Gasteiger partial charge in [0, 0.05) is 37.3 Å². The molecule has 1 atom stereocenters. The number of nitrogens with one attached hydrogen (secondary N) is 1. The predicted octanol–water partition coefficient (Wildman–Crippen LogP) is 2.33. The third-order valence-corrected chi connectivity index (χ3v) is 5.62. The fourth-order valence-electron chi connectivity index (χ4n) is 3.99. The number of aromatic amines is 1. The first-order valence-electron chi connectivity index (χ1n) is 10.5. The average Bonchev–Trinajstić information content (AvgIpc) is 3.19. The summed E-state index contributed by atoms with van der Waals surface area (Å²) in [5.74, 6) is 0.837. The molecule has 31 heavy (non-hydrogen) atoms. The van der Waals surface area contributed by atoms with Gasteiger partial charge in [-0.1, -0.05) is 30.3 Å². The molecule has 1 fully saturated rings. The molecule has 7 heteroatoms. The first-order valence-corrected chi connectivity index (χ1v) is 10.5. The van der Waals surface area contributed by atoms with Crippen molar-refractivity contribution in [3.63, 3.8) is 0 Å². The monoisotopic (exact) mass is 420 g/mol. The number of ether oxygens (including phenoxy) is 1. The second kappa shape index (κ2) is 9.76. The summed E-state index contributed by atoms with van der Waals surface area (Å²) in [6.07, 6.45) is 1.98. The second-order valence-electron chi connectivity index (χ2n) is 7.90. The van der Waals surface area contributed by atoms with Crippen LogP contribution in [-0.2, 0) is 17.8 Å². The molecule has 0 spiro atoms. The average molecular weight is 421 g/mol. The highest BCUT2D eigenvalue weighted by molar-refractivity contribution is 5.78. The van der Waals surface area contributed by atoms with Crippen molar-refractivity contribution in [2.24, 2.45) is 0 Å². The van der Waals surface area contributed by atoms with E-state index in [1.807, 2.05) is 47.4 Å². The Bertz CT molecular complexity index is 988. The zero-order chi connectivity index (χ0) is 21.6. The summed E-state index contributed by atoms with van der Waals surface area (Å²) < 4.78 is 5.23. The van der Waals surface area contributed by atoms with E-state index in [1.54, 1.807) is 18.2 Å². The maximum atomic E-state index is 12.9. The van der Waals surface area contributed by atoms with Gasteiger partial charge < -0.3 is 14.7 Å². The van der Waals surface area contributed by atoms with Gasteiger partial charge in [-0.2, -0.15) is 5.10 Å². The second-order valence-corrected chi connectivity index (χ2v) is 7.90. The van der Waals surface area contributed by atoms with Crippen LogP contribution in [0.25, 0.3) is 11.3 Å². The molecule has 4 rings (SSSR count). The van der Waals surface area contributed by atoms with Gasteiger partial charge in [-0.25, -0.2) is 0 Å². The van der Waals surface area contributed by atoms with E-state index in [0.29, 0.717) is 26.2 Å². The van der Waals surface area contributed by atoms with Gasteiger partial charge in [0.25, 0.3) is 0 Å². The molecular weight excluding hydrogens is 392 g/mol. The topological polar surface area (TPSA) is 81.7 Å². The zero-order valence-electron chi connectivity index (χ0n) is 17.7. The number of methoxy groups -OCH3 is 1. The number of H-pyrrole nitrogens is 1. The van der Waals surface area contributed by atoms with Crippen LogP contribution in [0.2, 0.25) is 0 Å². The van der Waals surface area contributed by atoms with E-state index in [4.69, 9.17) is 4.74 Å². The lowest BCUT2D eigenvalue weighted by Gasteiger charge is -2.22. The van der Waals surface area contributed by atoms with Crippen molar-refractivity contribution >= 4 is 5.91 Å². The van der Waals surface area contributed by atoms with Crippen LogP contribution < -0.4 is 4.74 Å². The summed E-state index contributed by atoms with van der Waals surface area (Å²) >= 11 is 0. The normalized spacial score (nSPS) is 17.5. The lowest BCUT2D eigenvalue weighted by Crippen LogP contribution is -2.38. The number of β-amino-alcohol motifs (C(OH)–C–C–N with tert-alkyl or cyclic N) is 1. The van der Waals surface area contributed by atoms with E-state index in [2.05, 4.69) is 22.3 Å². The van der Waals surface area contributed by atoms with Gasteiger partial charge in [0.15, 0.2) is 0 Å². The molecule has 1 aliphatic rings. The Labute approximate surface area is 182 Å². The Morgan fingerprint density at radius 2 is 1.90 bits per heavy atom. The highest BCUT2D eigenvalue weighted by atomic mass is 16.5. The molecular formula is C24H28N4O3. The number of aromatic nitrogens is 2. The molecule has 0 saturated carbocycles. The molecule has 1 aliphatic heterocycles. The molecule has 2 heterocycles. The highest BCUT2D eigenvalue weighted by Crippen LogP contribution is 2.25. The van der Waals surface area contributed by atoms with Gasteiger partial charge in [-0.05, 0) is 36.2 Å². The molecule has 2 N–H and O–H groups in total. The van der Waals surface area contributed by atoms with Crippen molar-refractivity contribution in [3.8, 4) is 17.0 Å². The van der Waals surface area contributed by atoms with Crippen molar-refractivity contribution in [2.75, 3.05) is 33.3 Å². The first-order chi connectivity index (χ1) is 15.1. The molecule has 1 amide bonds. The highest BCUT2D eigenvalue weighted by Gasteiger charge is 2.27. The molecule has 2 aromatic carbocycles. The van der Waals surface area contributed by atoms with Crippen LogP contribution in [0.4, 0.5) is 0 Å². The van der Waals surface area contributed by atoms with Crippen LogP contribution in [0.5, 0.6) is 5.75 Å². The van der Waals surface area contributed by atoms with Crippen molar-refractivity contribution in [1.82, 2.24) is 20.0 Å². The van der Waals surface area contributed by atoms with Crippen molar-refractivity contribution in [3.05, 3.63) is 71.9 Å². The van der Waals surface area contributed by atoms with Gasteiger partial charge in [0.1, 0.15) is 5.75 Å². The van der Waals surface area contributed by atoms with Gasteiger partial charge in [-0.15, -0.1) is 0 Å². The molecule has 1 saturated heterocycles. The quantitative estimate of drug-likeness (QED) is 0.613. The first kappa shape index (κ1) is 21.1. The number of hydrogen-bond donors (Lipinski definition) is 2. The van der Waals surface area contributed by atoms with Crippen molar-refractivity contribution in [2.45, 2.75) is 19.1 Å². The number of carbonyl (C=O) groups excluding carboxylic acids is 1. The number of amides is 1. The fourth-order valence-corrected chi connectivity index (χ4v) is 3.99. The minimum atomic E-state index is -0.585. The smallest absolute Gasteiger partial charge is 0.236 e. The number of carbonyl (C=O) groups is 1. The Balaban J connectivity index is 1.42. The predicted molar refractivity (Wildman–Crippen MR) is 119 cm³/mol. The van der Waals surface area contributed by atoms with Crippen LogP contribution in [0.1, 0.15) is 11.1 Å². The van der Waals surface area contributed by atoms with Gasteiger partial charge in [0.05, 0.1) is 31.6 Å². The summed E-state index contributed by atoms with van der Waals surface area (Å²) in [5, 5.41) is 17.8. The standard InChI is InChI=1S/C24H28N4O3/c1-31-22-9-7-19(8-10-22)24-20(13-25-26-24)14-27-15-21(29)16-28(23(30)17-27)12-11-18-5-3-2-4-6-18/h2-10,13,21,29H,11-12,14-17H2,1H3,(H,25,26). The Morgan fingerprint density at radius 1 is 1.13 bits per heavy atom. The Kier molecular flexibility index (Phi) is 6.64. The van der Waals surface area contributed by atoms with Gasteiger partial charge in [-0.3, -0.25) is 14.8 Å².